The van der Waals surface area contributed by atoms with Crippen molar-refractivity contribution in [3.8, 4) is 0 Å². The average Bonchev–Trinajstić information content (AvgIpc) is 2.24. The molecule has 0 aromatic heterocycles. The lowest BCUT2D eigenvalue weighted by atomic mass is 10.5. The van der Waals surface area contributed by atoms with Gasteiger partial charge in [-0.05, 0) is 0 Å². The van der Waals surface area contributed by atoms with Gasteiger partial charge < -0.3 is 0 Å². The van der Waals surface area contributed by atoms with Crippen LogP contribution in [0, 0.1) is 0 Å². The number of hydrogen-bond donors (Lipinski definition) is 0. The van der Waals surface area contributed by atoms with Crippen LogP contribution in [0.15, 0.2) is 47.9 Å². The average molecular weight is 186 g/mol. The minimum Gasteiger partial charge on any atom is -0.0772 e. The molecule has 0 unspecified atom stereocenters. The quantitative estimate of drug-likeness (QED) is 0.498. The summed E-state index contributed by atoms with van der Waals surface area (Å²) in [6, 6.07) is 0. The van der Waals surface area contributed by atoms with E-state index >= 15 is 0 Å². The lowest BCUT2D eigenvalue weighted by Crippen LogP contribution is -1.76. The maximum absolute atomic E-state index is 2.15. The van der Waals surface area contributed by atoms with Crippen LogP contribution < -0.4 is 0 Å². The number of allylic oxidation sites excluding steroid dienone is 6. The van der Waals surface area contributed by atoms with Gasteiger partial charge in [0.25, 0.3) is 0 Å². The van der Waals surface area contributed by atoms with E-state index < -0.39 is 0 Å². The van der Waals surface area contributed by atoms with E-state index in [-0.39, 0.29) is 0 Å². The normalized spacial score (nSPS) is 16.0. The third kappa shape index (κ3) is 4.87. The molecular formula is C10H10Si2. The van der Waals surface area contributed by atoms with Crippen LogP contribution in [0.4, 0.5) is 0 Å². The van der Waals surface area contributed by atoms with Gasteiger partial charge in [0.05, 0.1) is 18.3 Å². The smallest absolute Gasteiger partial charge is 0.0505 e. The summed E-state index contributed by atoms with van der Waals surface area (Å²) in [5.74, 6) is 0. The Hall–Kier alpha value is -0.866. The molecule has 0 saturated heterocycles. The van der Waals surface area contributed by atoms with Crippen LogP contribution in [0.3, 0.4) is 0 Å². The minimum absolute atomic E-state index is 0.909. The van der Waals surface area contributed by atoms with Crippen molar-refractivity contribution < 1.29 is 0 Å². The first-order valence-corrected chi connectivity index (χ1v) is 6.13. The standard InChI is InChI=1S/2C5H5Si/c2*1-2-4-6-5-3-1/h2*1-5H. The van der Waals surface area contributed by atoms with Crippen molar-refractivity contribution in [2.45, 2.75) is 0 Å². The molecule has 0 fully saturated rings. The molecule has 0 aromatic rings. The summed E-state index contributed by atoms with van der Waals surface area (Å²) in [7, 11) is 1.82. The van der Waals surface area contributed by atoms with Crippen LogP contribution in [-0.2, 0) is 0 Å². The second-order valence-corrected chi connectivity index (χ2v) is 4.15. The summed E-state index contributed by atoms with van der Waals surface area (Å²) in [6.07, 6.45) is 12.3. The van der Waals surface area contributed by atoms with E-state index in [0.717, 1.165) is 18.3 Å². The summed E-state index contributed by atoms with van der Waals surface area (Å²) in [5, 5.41) is 0. The Kier molecular flexibility index (Phi) is 5.24. The molecule has 0 amide bonds. The van der Waals surface area contributed by atoms with Crippen molar-refractivity contribution in [2.75, 3.05) is 0 Å². The van der Waals surface area contributed by atoms with Crippen molar-refractivity contribution in [2.24, 2.45) is 0 Å². The third-order valence-corrected chi connectivity index (χ3v) is 2.75. The molecule has 2 rings (SSSR count). The highest BCUT2D eigenvalue weighted by molar-refractivity contribution is 6.54. The van der Waals surface area contributed by atoms with Crippen LogP contribution in [0.1, 0.15) is 0 Å². The van der Waals surface area contributed by atoms with E-state index in [1.165, 1.54) is 0 Å². The van der Waals surface area contributed by atoms with Gasteiger partial charge in [0.1, 0.15) is 0 Å². The van der Waals surface area contributed by atoms with Crippen molar-refractivity contribution in [3.05, 3.63) is 47.9 Å². The van der Waals surface area contributed by atoms with Gasteiger partial charge in [-0.3, -0.25) is 0 Å². The first kappa shape index (κ1) is 9.22. The number of rotatable bonds is 0. The molecule has 2 aliphatic rings. The molecule has 0 bridgehead atoms. The van der Waals surface area contributed by atoms with Crippen LogP contribution >= 0.6 is 0 Å². The zero-order valence-electron chi connectivity index (χ0n) is 6.77. The van der Waals surface area contributed by atoms with Gasteiger partial charge in [-0.15, -0.1) is 0 Å². The molecule has 0 spiro atoms. The van der Waals surface area contributed by atoms with Crippen molar-refractivity contribution in [3.63, 3.8) is 0 Å². The van der Waals surface area contributed by atoms with Gasteiger partial charge in [-0.25, -0.2) is 0 Å². The summed E-state index contributed by atoms with van der Waals surface area (Å²) in [6.45, 7) is 0. The van der Waals surface area contributed by atoms with Gasteiger partial charge in [0, 0.05) is 0 Å². The summed E-state index contributed by atoms with van der Waals surface area (Å²) < 4.78 is 0. The van der Waals surface area contributed by atoms with Gasteiger partial charge in [-0.1, -0.05) is 59.2 Å². The third-order valence-electron chi connectivity index (χ3n) is 1.21. The zero-order chi connectivity index (χ0) is 8.49. The fraction of sp³-hybridized carbons (Fsp3) is 0. The van der Waals surface area contributed by atoms with E-state index in [0.29, 0.717) is 0 Å². The Morgan fingerprint density at radius 3 is 1.08 bits per heavy atom. The van der Waals surface area contributed by atoms with E-state index in [1.807, 2.05) is 12.2 Å². The van der Waals surface area contributed by atoms with E-state index in [4.69, 9.17) is 0 Å². The molecule has 0 saturated carbocycles. The van der Waals surface area contributed by atoms with Gasteiger partial charge >= 0.3 is 0 Å². The Labute approximate surface area is 77.9 Å². The molecule has 0 N–H and O–H groups in total. The van der Waals surface area contributed by atoms with Crippen LogP contribution in [0.2, 0.25) is 0 Å². The summed E-state index contributed by atoms with van der Waals surface area (Å²) >= 11 is 0. The first-order chi connectivity index (χ1) is 6.00. The molecule has 58 valence electrons. The molecule has 2 heterocycles. The highest BCUT2D eigenvalue weighted by Crippen LogP contribution is 1.75. The Morgan fingerprint density at radius 2 is 1.00 bits per heavy atom. The minimum atomic E-state index is 0.909. The monoisotopic (exact) mass is 186 g/mol. The molecule has 2 aliphatic heterocycles. The molecule has 2 radical (unpaired) electrons. The molecule has 0 aromatic carbocycles. The van der Waals surface area contributed by atoms with Crippen LogP contribution in [0.5, 0.6) is 0 Å². The van der Waals surface area contributed by atoms with E-state index in [1.54, 1.807) is 0 Å². The predicted molar refractivity (Wildman–Crippen MR) is 60.2 cm³/mol. The van der Waals surface area contributed by atoms with Crippen LogP contribution in [0.25, 0.3) is 0 Å². The fourth-order valence-corrected chi connectivity index (χ4v) is 1.79. The Morgan fingerprint density at radius 1 is 0.500 bits per heavy atom. The molecule has 0 nitrogen and oxygen atoms in total. The lowest BCUT2D eigenvalue weighted by molar-refractivity contribution is 2.05. The summed E-state index contributed by atoms with van der Waals surface area (Å²) in [5.41, 5.74) is 8.61. The summed E-state index contributed by atoms with van der Waals surface area (Å²) in [4.78, 5) is 0. The topological polar surface area (TPSA) is 0 Å². The second kappa shape index (κ2) is 6.82. The second-order valence-electron chi connectivity index (χ2n) is 2.15. The maximum atomic E-state index is 2.15. The van der Waals surface area contributed by atoms with E-state index in [2.05, 4.69) is 47.0 Å². The molecular weight excluding hydrogens is 176 g/mol. The van der Waals surface area contributed by atoms with Gasteiger partial charge in [0.15, 0.2) is 0 Å². The first-order valence-electron chi connectivity index (χ1n) is 3.82. The highest BCUT2D eigenvalue weighted by Gasteiger charge is 1.67. The van der Waals surface area contributed by atoms with Crippen molar-refractivity contribution in [1.82, 2.24) is 0 Å². The van der Waals surface area contributed by atoms with E-state index in [9.17, 15) is 0 Å². The van der Waals surface area contributed by atoms with Crippen molar-refractivity contribution >= 4 is 29.6 Å². The lowest BCUT2D eigenvalue weighted by Gasteiger charge is -1.76. The largest absolute Gasteiger partial charge is 0.0772 e. The highest BCUT2D eigenvalue weighted by atomic mass is 28.2. The fourth-order valence-electron chi connectivity index (χ4n) is 0.684. The Bertz CT molecular complexity index is 177. The zero-order valence-corrected chi connectivity index (χ0v) is 8.77. The molecule has 0 aliphatic carbocycles. The SMILES string of the molecule is C1=CC=[Si]C=C1.C1=CC=[Si]C=C1. The molecule has 0 atom stereocenters. The van der Waals surface area contributed by atoms with Crippen molar-refractivity contribution in [1.29, 1.82) is 0 Å². The molecule has 2 heteroatoms. The number of hydrogen-bond acceptors (Lipinski definition) is 0. The van der Waals surface area contributed by atoms with Gasteiger partial charge in [0.2, 0.25) is 0 Å². The van der Waals surface area contributed by atoms with Gasteiger partial charge in [-0.2, -0.15) is 0 Å². The Balaban J connectivity index is 0.000000120. The maximum Gasteiger partial charge on any atom is 0.0505 e. The molecule has 12 heavy (non-hydrogen) atoms. The predicted octanol–water partition coefficient (Wildman–Crippen LogP) is 1.15. The van der Waals surface area contributed by atoms with Crippen LogP contribution in [-0.4, -0.2) is 29.6 Å².